The summed E-state index contributed by atoms with van der Waals surface area (Å²) in [7, 11) is 0. The molecule has 21 heavy (non-hydrogen) atoms. The Morgan fingerprint density at radius 2 is 2.24 bits per heavy atom. The van der Waals surface area contributed by atoms with E-state index in [1.54, 1.807) is 0 Å². The standard InChI is InChI=1S/C17H24N4/c1-14(13-15-7-4-5-10-18-15)20-16-8-2-3-9-17(16)21-12-6-11-19-21/h2-3,6,8-9,11-12,14-15,18,20H,4-5,7,10,13H2,1H3. The zero-order chi connectivity index (χ0) is 14.5. The molecule has 2 atom stereocenters. The summed E-state index contributed by atoms with van der Waals surface area (Å²) in [6, 6.07) is 11.4. The van der Waals surface area contributed by atoms with Gasteiger partial charge in [0.25, 0.3) is 0 Å². The number of benzene rings is 1. The monoisotopic (exact) mass is 284 g/mol. The van der Waals surface area contributed by atoms with Gasteiger partial charge in [-0.15, -0.1) is 0 Å². The largest absolute Gasteiger partial charge is 0.381 e. The molecule has 0 aliphatic carbocycles. The molecule has 4 heteroatoms. The third-order valence-corrected chi connectivity index (χ3v) is 4.11. The summed E-state index contributed by atoms with van der Waals surface area (Å²) < 4.78 is 1.91. The fraction of sp³-hybridized carbons (Fsp3) is 0.471. The van der Waals surface area contributed by atoms with E-state index in [0.29, 0.717) is 12.1 Å². The Balaban J connectivity index is 1.67. The molecule has 1 aliphatic rings. The molecular weight excluding hydrogens is 260 g/mol. The Bertz CT molecular complexity index is 544. The summed E-state index contributed by atoms with van der Waals surface area (Å²) >= 11 is 0. The van der Waals surface area contributed by atoms with E-state index in [1.807, 2.05) is 23.1 Å². The summed E-state index contributed by atoms with van der Waals surface area (Å²) in [6.07, 6.45) is 8.93. The minimum atomic E-state index is 0.442. The van der Waals surface area contributed by atoms with Crippen molar-refractivity contribution in [3.05, 3.63) is 42.7 Å². The first kappa shape index (κ1) is 14.1. The van der Waals surface area contributed by atoms with Crippen molar-refractivity contribution >= 4 is 5.69 Å². The average molecular weight is 284 g/mol. The Labute approximate surface area is 126 Å². The number of hydrogen-bond donors (Lipinski definition) is 2. The van der Waals surface area contributed by atoms with Crippen LogP contribution in [-0.4, -0.2) is 28.4 Å². The number of aromatic nitrogens is 2. The first-order valence-corrected chi connectivity index (χ1v) is 7.92. The Morgan fingerprint density at radius 3 is 3.00 bits per heavy atom. The van der Waals surface area contributed by atoms with E-state index in [1.165, 1.54) is 25.8 Å². The van der Waals surface area contributed by atoms with Gasteiger partial charge in [0.05, 0.1) is 11.4 Å². The van der Waals surface area contributed by atoms with Crippen LogP contribution in [0.1, 0.15) is 32.6 Å². The highest BCUT2D eigenvalue weighted by Gasteiger charge is 2.16. The van der Waals surface area contributed by atoms with Gasteiger partial charge in [-0.05, 0) is 50.9 Å². The molecule has 1 aromatic heterocycles. The molecule has 2 unspecified atom stereocenters. The maximum Gasteiger partial charge on any atom is 0.0876 e. The molecule has 1 aliphatic heterocycles. The van der Waals surface area contributed by atoms with Crippen molar-refractivity contribution < 1.29 is 0 Å². The summed E-state index contributed by atoms with van der Waals surface area (Å²) in [5.41, 5.74) is 2.25. The second kappa shape index (κ2) is 6.76. The topological polar surface area (TPSA) is 41.9 Å². The zero-order valence-electron chi connectivity index (χ0n) is 12.6. The van der Waals surface area contributed by atoms with Gasteiger partial charge >= 0.3 is 0 Å². The highest BCUT2D eigenvalue weighted by Crippen LogP contribution is 2.21. The number of piperidine rings is 1. The molecule has 1 saturated heterocycles. The van der Waals surface area contributed by atoms with Crippen molar-refractivity contribution in [1.82, 2.24) is 15.1 Å². The molecular formula is C17H24N4. The second-order valence-corrected chi connectivity index (χ2v) is 5.90. The van der Waals surface area contributed by atoms with Crippen molar-refractivity contribution in [3.8, 4) is 5.69 Å². The summed E-state index contributed by atoms with van der Waals surface area (Å²) in [5, 5.41) is 11.6. The number of hydrogen-bond acceptors (Lipinski definition) is 3. The third kappa shape index (κ3) is 3.64. The molecule has 2 N–H and O–H groups in total. The average Bonchev–Trinajstić information content (AvgIpc) is 3.03. The van der Waals surface area contributed by atoms with Gasteiger partial charge in [-0.2, -0.15) is 5.10 Å². The first-order valence-electron chi connectivity index (χ1n) is 7.92. The Morgan fingerprint density at radius 1 is 1.33 bits per heavy atom. The molecule has 2 aromatic rings. The number of nitrogens with one attached hydrogen (secondary N) is 2. The number of anilines is 1. The summed E-state index contributed by atoms with van der Waals surface area (Å²) in [5.74, 6) is 0. The van der Waals surface area contributed by atoms with Gasteiger partial charge in [0.1, 0.15) is 0 Å². The fourth-order valence-electron chi connectivity index (χ4n) is 3.08. The van der Waals surface area contributed by atoms with Crippen LogP contribution in [0.25, 0.3) is 5.69 Å². The van der Waals surface area contributed by atoms with Crippen molar-refractivity contribution in [2.45, 2.75) is 44.7 Å². The molecule has 0 saturated carbocycles. The van der Waals surface area contributed by atoms with Crippen LogP contribution in [0.2, 0.25) is 0 Å². The number of nitrogens with zero attached hydrogens (tertiary/aromatic N) is 2. The summed E-state index contributed by atoms with van der Waals surface area (Å²) in [6.45, 7) is 3.43. The van der Waals surface area contributed by atoms with Gasteiger partial charge in [0.2, 0.25) is 0 Å². The molecule has 2 heterocycles. The maximum absolute atomic E-state index is 4.33. The van der Waals surface area contributed by atoms with Crippen molar-refractivity contribution in [2.24, 2.45) is 0 Å². The molecule has 112 valence electrons. The van der Waals surface area contributed by atoms with E-state index in [4.69, 9.17) is 0 Å². The molecule has 0 bridgehead atoms. The van der Waals surface area contributed by atoms with E-state index in [0.717, 1.165) is 17.8 Å². The van der Waals surface area contributed by atoms with Gasteiger partial charge in [-0.1, -0.05) is 18.6 Å². The van der Waals surface area contributed by atoms with Crippen molar-refractivity contribution in [2.75, 3.05) is 11.9 Å². The predicted molar refractivity (Wildman–Crippen MR) is 86.9 cm³/mol. The molecule has 1 aromatic carbocycles. The van der Waals surface area contributed by atoms with Gasteiger partial charge < -0.3 is 10.6 Å². The van der Waals surface area contributed by atoms with Crippen LogP contribution in [0.15, 0.2) is 42.7 Å². The highest BCUT2D eigenvalue weighted by atomic mass is 15.3. The van der Waals surface area contributed by atoms with E-state index < -0.39 is 0 Å². The van der Waals surface area contributed by atoms with E-state index in [2.05, 4.69) is 46.9 Å². The lowest BCUT2D eigenvalue weighted by Gasteiger charge is -2.27. The Kier molecular flexibility index (Phi) is 4.55. The molecule has 0 radical (unpaired) electrons. The molecule has 3 rings (SSSR count). The van der Waals surface area contributed by atoms with Gasteiger partial charge in [-0.3, -0.25) is 0 Å². The minimum absolute atomic E-state index is 0.442. The van der Waals surface area contributed by atoms with Gasteiger partial charge in [-0.25, -0.2) is 4.68 Å². The van der Waals surface area contributed by atoms with Crippen LogP contribution in [0.5, 0.6) is 0 Å². The van der Waals surface area contributed by atoms with Gasteiger partial charge in [0.15, 0.2) is 0 Å². The van der Waals surface area contributed by atoms with Crippen LogP contribution in [0.4, 0.5) is 5.69 Å². The third-order valence-electron chi connectivity index (χ3n) is 4.11. The van der Waals surface area contributed by atoms with Crippen LogP contribution in [0.3, 0.4) is 0 Å². The van der Waals surface area contributed by atoms with Gasteiger partial charge in [0, 0.05) is 24.5 Å². The lowest BCUT2D eigenvalue weighted by Crippen LogP contribution is -2.37. The number of para-hydroxylation sites is 2. The SMILES string of the molecule is CC(CC1CCCCN1)Nc1ccccc1-n1cccn1. The molecule has 1 fully saturated rings. The minimum Gasteiger partial charge on any atom is -0.381 e. The van der Waals surface area contributed by atoms with Crippen LogP contribution >= 0.6 is 0 Å². The maximum atomic E-state index is 4.33. The van der Waals surface area contributed by atoms with Crippen LogP contribution in [0, 0.1) is 0 Å². The second-order valence-electron chi connectivity index (χ2n) is 5.90. The number of rotatable bonds is 5. The first-order chi connectivity index (χ1) is 10.3. The lowest BCUT2D eigenvalue weighted by molar-refractivity contribution is 0.371. The van der Waals surface area contributed by atoms with Crippen molar-refractivity contribution in [1.29, 1.82) is 0 Å². The molecule has 0 amide bonds. The van der Waals surface area contributed by atoms with Crippen molar-refractivity contribution in [3.63, 3.8) is 0 Å². The highest BCUT2D eigenvalue weighted by molar-refractivity contribution is 5.60. The molecule has 0 spiro atoms. The van der Waals surface area contributed by atoms with E-state index in [-0.39, 0.29) is 0 Å². The predicted octanol–water partition coefficient (Wildman–Crippen LogP) is 3.20. The normalized spacial score (nSPS) is 20.1. The Hall–Kier alpha value is -1.81. The zero-order valence-corrected chi connectivity index (χ0v) is 12.6. The van der Waals surface area contributed by atoms with Crippen LogP contribution in [-0.2, 0) is 0 Å². The fourth-order valence-corrected chi connectivity index (χ4v) is 3.08. The lowest BCUT2D eigenvalue weighted by atomic mass is 9.98. The van der Waals surface area contributed by atoms with E-state index in [9.17, 15) is 0 Å². The van der Waals surface area contributed by atoms with Crippen LogP contribution < -0.4 is 10.6 Å². The summed E-state index contributed by atoms with van der Waals surface area (Å²) in [4.78, 5) is 0. The smallest absolute Gasteiger partial charge is 0.0876 e. The molecule has 4 nitrogen and oxygen atoms in total. The van der Waals surface area contributed by atoms with E-state index >= 15 is 0 Å². The quantitative estimate of drug-likeness (QED) is 0.886.